The van der Waals surface area contributed by atoms with E-state index in [4.69, 9.17) is 5.11 Å². The fourth-order valence-electron chi connectivity index (χ4n) is 3.61. The molecular formula is C29H31F3N4O2S. The molecule has 4 aromatic rings. The summed E-state index contributed by atoms with van der Waals surface area (Å²) in [5, 5.41) is 16.1. The minimum atomic E-state index is -4.39. The number of hydrogen-bond acceptors (Lipinski definition) is 6. The second-order valence-corrected chi connectivity index (χ2v) is 9.70. The molecule has 0 aliphatic rings. The summed E-state index contributed by atoms with van der Waals surface area (Å²) in [6, 6.07) is 18.8. The Morgan fingerprint density at radius 1 is 1.05 bits per heavy atom. The van der Waals surface area contributed by atoms with E-state index in [1.165, 1.54) is 21.2 Å². The number of hydrogen-bond donors (Lipinski definition) is 3. The normalized spacial score (nSPS) is 11.1. The molecular weight excluding hydrogens is 525 g/mol. The van der Waals surface area contributed by atoms with Crippen molar-refractivity contribution in [2.75, 3.05) is 25.5 Å². The Morgan fingerprint density at radius 3 is 2.44 bits per heavy atom. The van der Waals surface area contributed by atoms with Crippen molar-refractivity contribution in [3.8, 4) is 11.3 Å². The van der Waals surface area contributed by atoms with Crippen molar-refractivity contribution in [1.29, 1.82) is 0 Å². The molecule has 0 bridgehead atoms. The van der Waals surface area contributed by atoms with Crippen LogP contribution in [0.15, 0.2) is 77.8 Å². The largest absolute Gasteiger partial charge is 0.416 e. The molecule has 39 heavy (non-hydrogen) atoms. The number of anilines is 1. The predicted octanol–water partition coefficient (Wildman–Crippen LogP) is 6.36. The maximum absolute atomic E-state index is 12.8. The molecule has 0 saturated carbocycles. The molecule has 4 rings (SSSR count). The quantitative estimate of drug-likeness (QED) is 0.126. The zero-order valence-electron chi connectivity index (χ0n) is 21.9. The number of carbonyl (C=O) groups excluding carboxylic acids is 1. The van der Waals surface area contributed by atoms with E-state index in [-0.39, 0.29) is 13.2 Å². The highest BCUT2D eigenvalue weighted by atomic mass is 32.2. The molecule has 0 atom stereocenters. The minimum Gasteiger partial charge on any atom is -0.395 e. The monoisotopic (exact) mass is 556 g/mol. The molecule has 3 aromatic carbocycles. The van der Waals surface area contributed by atoms with Crippen LogP contribution in [0.5, 0.6) is 0 Å². The van der Waals surface area contributed by atoms with Gasteiger partial charge in [-0.25, -0.2) is 0 Å². The number of alkyl halides is 3. The van der Waals surface area contributed by atoms with E-state index in [2.05, 4.69) is 34.2 Å². The first-order valence-electron chi connectivity index (χ1n) is 12.2. The molecule has 0 amide bonds. The van der Waals surface area contributed by atoms with E-state index in [1.54, 1.807) is 24.2 Å². The van der Waals surface area contributed by atoms with Gasteiger partial charge in [0.05, 0.1) is 24.3 Å². The van der Waals surface area contributed by atoms with Crippen LogP contribution in [0.3, 0.4) is 0 Å². The molecule has 0 saturated heterocycles. The lowest BCUT2D eigenvalue weighted by molar-refractivity contribution is -0.137. The lowest BCUT2D eigenvalue weighted by Gasteiger charge is -2.08. The van der Waals surface area contributed by atoms with Gasteiger partial charge in [0, 0.05) is 35.9 Å². The lowest BCUT2D eigenvalue weighted by Crippen LogP contribution is -2.09. The lowest BCUT2D eigenvalue weighted by atomic mass is 10.1. The van der Waals surface area contributed by atoms with Crippen LogP contribution in [-0.2, 0) is 12.7 Å². The number of nitrogens with zero attached hydrogens (tertiary/aromatic N) is 2. The van der Waals surface area contributed by atoms with Crippen LogP contribution >= 0.6 is 11.9 Å². The summed E-state index contributed by atoms with van der Waals surface area (Å²) in [5.74, 6) is 0. The number of aromatic nitrogens is 2. The van der Waals surface area contributed by atoms with Gasteiger partial charge in [-0.3, -0.25) is 14.2 Å². The standard InChI is InChI=1S/C19H15F3N2O.C10H16N2OS/c1-13-5-7-15(8-6-13)18-16(12-25)11-24(23-18)10-14-3-2-4-17(9-14)19(20,21)22;1-8-3-4-9(11-2)7-10(8)14-12-5-6-13/h2-9,11-12H,10H2,1H3;3-4,7,11-13H,5-6H2,1-2H3. The molecule has 0 aliphatic heterocycles. The number of halogens is 3. The number of carbonyl (C=O) groups is 1. The number of nitrogens with one attached hydrogen (secondary N) is 2. The van der Waals surface area contributed by atoms with E-state index < -0.39 is 11.7 Å². The van der Waals surface area contributed by atoms with Crippen LogP contribution in [0.1, 0.15) is 32.6 Å². The van der Waals surface area contributed by atoms with Gasteiger partial charge in [-0.2, -0.15) is 18.3 Å². The fourth-order valence-corrected chi connectivity index (χ4v) is 4.38. The molecule has 206 valence electrons. The highest BCUT2D eigenvalue weighted by Crippen LogP contribution is 2.30. The second kappa shape index (κ2) is 14.0. The minimum absolute atomic E-state index is 0.149. The second-order valence-electron chi connectivity index (χ2n) is 8.76. The Labute approximate surface area is 230 Å². The zero-order valence-corrected chi connectivity index (χ0v) is 22.7. The first kappa shape index (κ1) is 29.9. The average molecular weight is 557 g/mol. The third kappa shape index (κ3) is 8.71. The van der Waals surface area contributed by atoms with Crippen LogP contribution in [0.4, 0.5) is 18.9 Å². The van der Waals surface area contributed by atoms with E-state index >= 15 is 0 Å². The summed E-state index contributed by atoms with van der Waals surface area (Å²) in [4.78, 5) is 12.5. The van der Waals surface area contributed by atoms with Crippen LogP contribution in [0.25, 0.3) is 11.3 Å². The number of aryl methyl sites for hydroxylation is 2. The number of aliphatic hydroxyl groups is 1. The molecule has 6 nitrogen and oxygen atoms in total. The van der Waals surface area contributed by atoms with Crippen LogP contribution in [0.2, 0.25) is 0 Å². The molecule has 0 radical (unpaired) electrons. The van der Waals surface area contributed by atoms with Gasteiger partial charge in [-0.1, -0.05) is 48.0 Å². The molecule has 1 heterocycles. The van der Waals surface area contributed by atoms with Crippen molar-refractivity contribution in [1.82, 2.24) is 14.5 Å². The van der Waals surface area contributed by atoms with Crippen molar-refractivity contribution in [3.63, 3.8) is 0 Å². The van der Waals surface area contributed by atoms with E-state index in [9.17, 15) is 18.0 Å². The summed E-state index contributed by atoms with van der Waals surface area (Å²) in [6.45, 7) is 4.95. The Bertz CT molecular complexity index is 1370. The topological polar surface area (TPSA) is 79.2 Å². The first-order chi connectivity index (χ1) is 18.6. The Kier molecular flexibility index (Phi) is 10.7. The Hall–Kier alpha value is -3.60. The summed E-state index contributed by atoms with van der Waals surface area (Å²) >= 11 is 1.55. The SMILES string of the molecule is CNc1ccc(C)c(SNCCO)c1.Cc1ccc(-c2nn(Cc3cccc(C(F)(F)F)c3)cc2C=O)cc1. The number of rotatable bonds is 9. The molecule has 10 heteroatoms. The van der Waals surface area contributed by atoms with Gasteiger partial charge >= 0.3 is 6.18 Å². The predicted molar refractivity (Wildman–Crippen MR) is 150 cm³/mol. The molecule has 3 N–H and O–H groups in total. The smallest absolute Gasteiger partial charge is 0.395 e. The van der Waals surface area contributed by atoms with Gasteiger partial charge in [0.2, 0.25) is 0 Å². The Morgan fingerprint density at radius 2 is 1.79 bits per heavy atom. The summed E-state index contributed by atoms with van der Waals surface area (Å²) in [7, 11) is 1.90. The first-order valence-corrected chi connectivity index (χ1v) is 13.0. The van der Waals surface area contributed by atoms with E-state index in [0.29, 0.717) is 29.7 Å². The van der Waals surface area contributed by atoms with Gasteiger partial charge in [0.25, 0.3) is 0 Å². The highest BCUT2D eigenvalue weighted by Gasteiger charge is 2.30. The van der Waals surface area contributed by atoms with Crippen LogP contribution in [0, 0.1) is 13.8 Å². The van der Waals surface area contributed by atoms with Crippen molar-refractivity contribution in [2.45, 2.75) is 31.5 Å². The van der Waals surface area contributed by atoms with E-state index in [1.807, 2.05) is 44.3 Å². The van der Waals surface area contributed by atoms with Gasteiger partial charge < -0.3 is 10.4 Å². The average Bonchev–Trinajstić information content (AvgIpc) is 3.33. The van der Waals surface area contributed by atoms with Gasteiger partial charge in [0.15, 0.2) is 6.29 Å². The van der Waals surface area contributed by atoms with Crippen molar-refractivity contribution in [2.24, 2.45) is 0 Å². The van der Waals surface area contributed by atoms with Crippen molar-refractivity contribution >= 4 is 23.9 Å². The van der Waals surface area contributed by atoms with Crippen molar-refractivity contribution in [3.05, 3.63) is 101 Å². The molecule has 0 aliphatic carbocycles. The van der Waals surface area contributed by atoms with Crippen molar-refractivity contribution < 1.29 is 23.1 Å². The zero-order chi connectivity index (χ0) is 28.4. The van der Waals surface area contributed by atoms with E-state index in [0.717, 1.165) is 28.9 Å². The third-order valence-corrected chi connectivity index (χ3v) is 6.72. The molecule has 0 fully saturated rings. The van der Waals surface area contributed by atoms with Gasteiger partial charge in [0.1, 0.15) is 5.69 Å². The van der Waals surface area contributed by atoms with Crippen LogP contribution < -0.4 is 10.0 Å². The maximum Gasteiger partial charge on any atom is 0.416 e. The van der Waals surface area contributed by atoms with Crippen LogP contribution in [-0.4, -0.2) is 41.4 Å². The molecule has 0 spiro atoms. The summed E-state index contributed by atoms with van der Waals surface area (Å²) < 4.78 is 43.0. The summed E-state index contributed by atoms with van der Waals surface area (Å²) in [5.41, 5.74) is 4.88. The number of benzene rings is 3. The third-order valence-electron chi connectivity index (χ3n) is 5.71. The van der Waals surface area contributed by atoms with Gasteiger partial charge in [-0.05, 0) is 61.2 Å². The number of aldehydes is 1. The Balaban J connectivity index is 0.000000255. The maximum atomic E-state index is 12.8. The van der Waals surface area contributed by atoms with Gasteiger partial charge in [-0.15, -0.1) is 0 Å². The number of aliphatic hydroxyl groups excluding tert-OH is 1. The highest BCUT2D eigenvalue weighted by molar-refractivity contribution is 7.97. The summed E-state index contributed by atoms with van der Waals surface area (Å²) in [6.07, 6.45) is -2.14. The molecule has 1 aromatic heterocycles. The fraction of sp³-hybridized carbons (Fsp3) is 0.241. The molecule has 0 unspecified atom stereocenters.